The Bertz CT molecular complexity index is 742. The first-order valence-electron chi connectivity index (χ1n) is 8.07. The van der Waals surface area contributed by atoms with Gasteiger partial charge in [-0.1, -0.05) is 11.8 Å². The van der Waals surface area contributed by atoms with Gasteiger partial charge in [0.2, 0.25) is 17.5 Å². The minimum absolute atomic E-state index is 0.0689. The third-order valence-corrected chi connectivity index (χ3v) is 4.29. The van der Waals surface area contributed by atoms with E-state index in [0.29, 0.717) is 29.4 Å². The fourth-order valence-electron chi connectivity index (χ4n) is 2.32. The Hall–Kier alpha value is -2.46. The molecule has 148 valence electrons. The number of carbonyl (C=O) groups is 1. The molecule has 0 spiro atoms. The standard InChI is InChI=1S/C17H23N3O6S/c1-10(8-22-2)18-14(21)9-27-17-20-19-16(26-17)11-6-12(23-3)15(25-5)13(7-11)24-4/h6-7,10H,8-9H2,1-5H3,(H,18,21)/t10-/m1/s1. The van der Waals surface area contributed by atoms with Crippen molar-refractivity contribution in [1.29, 1.82) is 0 Å². The summed E-state index contributed by atoms with van der Waals surface area (Å²) in [6.07, 6.45) is 0. The Kier molecular flexibility index (Phi) is 7.74. The normalized spacial score (nSPS) is 11.7. The summed E-state index contributed by atoms with van der Waals surface area (Å²) in [4.78, 5) is 11.9. The van der Waals surface area contributed by atoms with E-state index >= 15 is 0 Å². The maximum atomic E-state index is 11.9. The van der Waals surface area contributed by atoms with E-state index in [4.69, 9.17) is 23.4 Å². The zero-order valence-electron chi connectivity index (χ0n) is 15.9. The van der Waals surface area contributed by atoms with Crippen LogP contribution in [0.3, 0.4) is 0 Å². The number of hydrogen-bond donors (Lipinski definition) is 1. The van der Waals surface area contributed by atoms with Crippen molar-refractivity contribution in [2.75, 3.05) is 40.8 Å². The van der Waals surface area contributed by atoms with Crippen LogP contribution >= 0.6 is 11.8 Å². The van der Waals surface area contributed by atoms with Gasteiger partial charge in [-0.2, -0.15) is 0 Å². The van der Waals surface area contributed by atoms with E-state index in [1.165, 1.54) is 21.3 Å². The average Bonchev–Trinajstić information content (AvgIpc) is 3.14. The van der Waals surface area contributed by atoms with Crippen LogP contribution in [0, 0.1) is 0 Å². The van der Waals surface area contributed by atoms with Crippen molar-refractivity contribution in [3.05, 3.63) is 12.1 Å². The summed E-state index contributed by atoms with van der Waals surface area (Å²) in [7, 11) is 6.17. The maximum Gasteiger partial charge on any atom is 0.277 e. The Balaban J connectivity index is 2.08. The molecule has 0 fully saturated rings. The van der Waals surface area contributed by atoms with Crippen LogP contribution in [0.1, 0.15) is 6.92 Å². The average molecular weight is 397 g/mol. The third-order valence-electron chi connectivity index (χ3n) is 3.47. The van der Waals surface area contributed by atoms with Crippen LogP contribution in [-0.2, 0) is 9.53 Å². The van der Waals surface area contributed by atoms with Gasteiger partial charge in [0, 0.05) is 18.7 Å². The lowest BCUT2D eigenvalue weighted by atomic mass is 10.2. The second-order valence-electron chi connectivity index (χ2n) is 5.50. The number of aromatic nitrogens is 2. The highest BCUT2D eigenvalue weighted by molar-refractivity contribution is 7.99. The summed E-state index contributed by atoms with van der Waals surface area (Å²) in [5.41, 5.74) is 0.613. The number of benzene rings is 1. The van der Waals surface area contributed by atoms with E-state index in [-0.39, 0.29) is 28.8 Å². The van der Waals surface area contributed by atoms with Gasteiger partial charge in [0.05, 0.1) is 33.7 Å². The first-order valence-corrected chi connectivity index (χ1v) is 9.05. The summed E-state index contributed by atoms with van der Waals surface area (Å²) >= 11 is 1.15. The molecule has 10 heteroatoms. The van der Waals surface area contributed by atoms with Gasteiger partial charge < -0.3 is 28.7 Å². The van der Waals surface area contributed by atoms with Crippen LogP contribution in [-0.4, -0.2) is 62.9 Å². The second-order valence-corrected chi connectivity index (χ2v) is 6.43. The Morgan fingerprint density at radius 1 is 1.15 bits per heavy atom. The molecular weight excluding hydrogens is 374 g/mol. The summed E-state index contributed by atoms with van der Waals surface area (Å²) in [6.45, 7) is 2.31. The third kappa shape index (κ3) is 5.51. The van der Waals surface area contributed by atoms with Gasteiger partial charge in [-0.25, -0.2) is 0 Å². The molecule has 0 bridgehead atoms. The molecule has 1 amide bonds. The number of nitrogens with one attached hydrogen (secondary N) is 1. The molecule has 1 aromatic heterocycles. The Morgan fingerprint density at radius 2 is 1.81 bits per heavy atom. The van der Waals surface area contributed by atoms with Crippen LogP contribution < -0.4 is 19.5 Å². The minimum atomic E-state index is -0.142. The van der Waals surface area contributed by atoms with Crippen molar-refractivity contribution < 1.29 is 28.2 Å². The van der Waals surface area contributed by atoms with Gasteiger partial charge in [-0.15, -0.1) is 10.2 Å². The number of amides is 1. The molecule has 0 saturated carbocycles. The fraction of sp³-hybridized carbons (Fsp3) is 0.471. The van der Waals surface area contributed by atoms with Gasteiger partial charge in [0.1, 0.15) is 0 Å². The van der Waals surface area contributed by atoms with E-state index in [9.17, 15) is 4.79 Å². The molecule has 0 aliphatic heterocycles. The smallest absolute Gasteiger partial charge is 0.277 e. The van der Waals surface area contributed by atoms with Gasteiger partial charge in [0.25, 0.3) is 5.22 Å². The monoisotopic (exact) mass is 397 g/mol. The molecule has 1 N–H and O–H groups in total. The first kappa shape index (κ1) is 20.8. The number of thioether (sulfide) groups is 1. The van der Waals surface area contributed by atoms with Crippen molar-refractivity contribution in [2.24, 2.45) is 0 Å². The van der Waals surface area contributed by atoms with E-state index in [1.54, 1.807) is 19.2 Å². The summed E-state index contributed by atoms with van der Waals surface area (Å²) in [5.74, 6) is 1.73. The number of ether oxygens (including phenoxy) is 4. The van der Waals surface area contributed by atoms with E-state index < -0.39 is 0 Å². The number of rotatable bonds is 10. The second kappa shape index (κ2) is 10.0. The SMILES string of the molecule is COC[C@@H](C)NC(=O)CSc1nnc(-c2cc(OC)c(OC)c(OC)c2)o1. The molecule has 1 atom stereocenters. The molecule has 0 aliphatic carbocycles. The molecule has 0 radical (unpaired) electrons. The van der Waals surface area contributed by atoms with Crippen LogP contribution in [0.4, 0.5) is 0 Å². The largest absolute Gasteiger partial charge is 0.493 e. The number of nitrogens with zero attached hydrogens (tertiary/aromatic N) is 2. The Morgan fingerprint density at radius 3 is 2.37 bits per heavy atom. The molecule has 0 aliphatic rings. The number of methoxy groups -OCH3 is 4. The highest BCUT2D eigenvalue weighted by Gasteiger charge is 2.18. The highest BCUT2D eigenvalue weighted by Crippen LogP contribution is 2.41. The highest BCUT2D eigenvalue weighted by atomic mass is 32.2. The summed E-state index contributed by atoms with van der Waals surface area (Å²) < 4.78 is 26.5. The van der Waals surface area contributed by atoms with Gasteiger partial charge in [0.15, 0.2) is 11.5 Å². The van der Waals surface area contributed by atoms with Crippen molar-refractivity contribution in [1.82, 2.24) is 15.5 Å². The van der Waals surface area contributed by atoms with Crippen molar-refractivity contribution >= 4 is 17.7 Å². The molecule has 1 aromatic carbocycles. The molecular formula is C17H23N3O6S. The zero-order chi connectivity index (χ0) is 19.8. The first-order chi connectivity index (χ1) is 13.0. The van der Waals surface area contributed by atoms with Crippen molar-refractivity contribution in [3.8, 4) is 28.7 Å². The predicted molar refractivity (Wildman–Crippen MR) is 99.6 cm³/mol. The molecule has 1 heterocycles. The van der Waals surface area contributed by atoms with Crippen LogP contribution in [0.25, 0.3) is 11.5 Å². The number of carbonyl (C=O) groups excluding carboxylic acids is 1. The quantitative estimate of drug-likeness (QED) is 0.603. The van der Waals surface area contributed by atoms with Gasteiger partial charge in [-0.3, -0.25) is 4.79 Å². The van der Waals surface area contributed by atoms with Crippen molar-refractivity contribution in [2.45, 2.75) is 18.2 Å². The van der Waals surface area contributed by atoms with Crippen molar-refractivity contribution in [3.63, 3.8) is 0 Å². The maximum absolute atomic E-state index is 11.9. The predicted octanol–water partition coefficient (Wildman–Crippen LogP) is 2.01. The molecule has 0 unspecified atom stereocenters. The van der Waals surface area contributed by atoms with E-state index in [2.05, 4.69) is 15.5 Å². The zero-order valence-corrected chi connectivity index (χ0v) is 16.7. The lowest BCUT2D eigenvalue weighted by Gasteiger charge is -2.12. The molecule has 2 aromatic rings. The van der Waals surface area contributed by atoms with Gasteiger partial charge in [-0.05, 0) is 19.1 Å². The van der Waals surface area contributed by atoms with Gasteiger partial charge >= 0.3 is 0 Å². The van der Waals surface area contributed by atoms with E-state index in [0.717, 1.165) is 11.8 Å². The lowest BCUT2D eigenvalue weighted by Crippen LogP contribution is -2.36. The molecule has 0 saturated heterocycles. The lowest BCUT2D eigenvalue weighted by molar-refractivity contribution is -0.119. The topological polar surface area (TPSA) is 105 Å². The summed E-state index contributed by atoms with van der Waals surface area (Å²) in [6, 6.07) is 3.35. The molecule has 27 heavy (non-hydrogen) atoms. The molecule has 2 rings (SSSR count). The minimum Gasteiger partial charge on any atom is -0.493 e. The van der Waals surface area contributed by atoms with E-state index in [1.807, 2.05) is 6.92 Å². The molecule has 9 nitrogen and oxygen atoms in total. The van der Waals surface area contributed by atoms with Crippen LogP contribution in [0.2, 0.25) is 0 Å². The van der Waals surface area contributed by atoms with Crippen LogP contribution in [0.5, 0.6) is 17.2 Å². The Labute approximate surface area is 161 Å². The fourth-order valence-corrected chi connectivity index (χ4v) is 2.90. The summed E-state index contributed by atoms with van der Waals surface area (Å²) in [5, 5.41) is 11.1. The van der Waals surface area contributed by atoms with Crippen LogP contribution in [0.15, 0.2) is 21.8 Å². The number of hydrogen-bond acceptors (Lipinski definition) is 9.